The van der Waals surface area contributed by atoms with E-state index in [2.05, 4.69) is 23.1 Å². The monoisotopic (exact) mass is 355 g/mol. The molecule has 1 aliphatic carbocycles. The van der Waals surface area contributed by atoms with E-state index in [1.165, 1.54) is 5.56 Å². The van der Waals surface area contributed by atoms with Crippen molar-refractivity contribution in [2.24, 2.45) is 0 Å². The van der Waals surface area contributed by atoms with Gasteiger partial charge in [0.15, 0.2) is 0 Å². The highest BCUT2D eigenvalue weighted by Gasteiger charge is 2.23. The summed E-state index contributed by atoms with van der Waals surface area (Å²) in [6.45, 7) is 3.73. The van der Waals surface area contributed by atoms with Crippen molar-refractivity contribution in [1.29, 1.82) is 0 Å². The molecule has 138 valence electrons. The number of benzene rings is 1. The molecule has 5 nitrogen and oxygen atoms in total. The zero-order valence-corrected chi connectivity index (χ0v) is 15.1. The first-order valence-electron chi connectivity index (χ1n) is 9.13. The van der Waals surface area contributed by atoms with Gasteiger partial charge in [-0.15, -0.1) is 0 Å². The molecule has 0 fully saturated rings. The van der Waals surface area contributed by atoms with Crippen molar-refractivity contribution in [3.8, 4) is 11.5 Å². The minimum absolute atomic E-state index is 0.408. The molecule has 1 N–H and O–H groups in total. The van der Waals surface area contributed by atoms with Crippen LogP contribution in [0.1, 0.15) is 24.0 Å². The number of aliphatic hydroxyl groups excluding tert-OH is 1. The van der Waals surface area contributed by atoms with Crippen LogP contribution < -0.4 is 9.47 Å². The zero-order valence-electron chi connectivity index (χ0n) is 15.1. The Morgan fingerprint density at radius 3 is 3.00 bits per heavy atom. The normalized spacial score (nSPS) is 21.8. The van der Waals surface area contributed by atoms with E-state index >= 15 is 0 Å². The third kappa shape index (κ3) is 3.70. The van der Waals surface area contributed by atoms with E-state index < -0.39 is 6.10 Å². The number of rotatable bonds is 5. The molecule has 0 saturated carbocycles. The van der Waals surface area contributed by atoms with Gasteiger partial charge in [-0.25, -0.2) is 0 Å². The van der Waals surface area contributed by atoms with Gasteiger partial charge in [0.2, 0.25) is 0 Å². The van der Waals surface area contributed by atoms with E-state index in [1.54, 1.807) is 7.11 Å². The maximum absolute atomic E-state index is 9.85. The Balaban J connectivity index is 1.54. The van der Waals surface area contributed by atoms with Gasteiger partial charge in [-0.2, -0.15) is 0 Å². The first-order chi connectivity index (χ1) is 12.7. The standard InChI is InChI=1S/C21H25NO4/c1-24-7-3-6-22-12-17-8-16-9-18(15-4-2-5-19(23)10-15)13-25-20(16)11-21(17)26-14-22/h2,4-5,8-9,11,19,23H,3,6-7,10,12-14H2,1H3. The lowest BCUT2D eigenvalue weighted by molar-refractivity contribution is 0.0832. The number of allylic oxidation sites excluding steroid dienone is 2. The molecule has 0 bridgehead atoms. The van der Waals surface area contributed by atoms with Crippen LogP contribution in [0.15, 0.2) is 41.5 Å². The molecular weight excluding hydrogens is 330 g/mol. The molecule has 1 atom stereocenters. The number of ether oxygens (including phenoxy) is 3. The number of fused-ring (bicyclic) bond motifs is 2. The number of hydrogen-bond acceptors (Lipinski definition) is 5. The van der Waals surface area contributed by atoms with Crippen LogP contribution in [0.4, 0.5) is 0 Å². The van der Waals surface area contributed by atoms with Crippen molar-refractivity contribution < 1.29 is 19.3 Å². The highest BCUT2D eigenvalue weighted by atomic mass is 16.5. The van der Waals surface area contributed by atoms with Crippen molar-refractivity contribution in [2.75, 3.05) is 33.6 Å². The van der Waals surface area contributed by atoms with E-state index in [1.807, 2.05) is 18.2 Å². The summed E-state index contributed by atoms with van der Waals surface area (Å²) < 4.78 is 17.0. The van der Waals surface area contributed by atoms with Gasteiger partial charge in [-0.3, -0.25) is 4.90 Å². The summed E-state index contributed by atoms with van der Waals surface area (Å²) in [5.74, 6) is 1.78. The Kier molecular flexibility index (Phi) is 5.11. The molecule has 0 amide bonds. The van der Waals surface area contributed by atoms with E-state index in [0.717, 1.165) is 54.3 Å². The molecule has 0 spiro atoms. The van der Waals surface area contributed by atoms with Crippen LogP contribution in [0.25, 0.3) is 6.08 Å². The molecule has 1 unspecified atom stereocenters. The second-order valence-corrected chi connectivity index (χ2v) is 6.98. The molecule has 0 saturated heterocycles. The Bertz CT molecular complexity index is 766. The highest BCUT2D eigenvalue weighted by molar-refractivity contribution is 5.69. The fraction of sp³-hybridized carbons (Fsp3) is 0.429. The lowest BCUT2D eigenvalue weighted by Crippen LogP contribution is -2.33. The van der Waals surface area contributed by atoms with E-state index in [4.69, 9.17) is 14.2 Å². The molecule has 3 aliphatic rings. The van der Waals surface area contributed by atoms with Gasteiger partial charge in [0, 0.05) is 50.4 Å². The highest BCUT2D eigenvalue weighted by Crippen LogP contribution is 2.37. The lowest BCUT2D eigenvalue weighted by Gasteiger charge is -2.30. The number of hydrogen-bond donors (Lipinski definition) is 1. The molecule has 2 aliphatic heterocycles. The third-order valence-electron chi connectivity index (χ3n) is 5.00. The van der Waals surface area contributed by atoms with Crippen molar-refractivity contribution in [3.05, 3.63) is 52.6 Å². The molecule has 1 aromatic rings. The molecular formula is C21H25NO4. The van der Waals surface area contributed by atoms with Gasteiger partial charge < -0.3 is 19.3 Å². The minimum atomic E-state index is -0.408. The fourth-order valence-corrected chi connectivity index (χ4v) is 3.61. The molecule has 1 aromatic carbocycles. The average molecular weight is 355 g/mol. The lowest BCUT2D eigenvalue weighted by atomic mass is 9.92. The quantitative estimate of drug-likeness (QED) is 0.823. The molecule has 5 heteroatoms. The van der Waals surface area contributed by atoms with Crippen LogP contribution in [-0.4, -0.2) is 49.7 Å². The van der Waals surface area contributed by atoms with Crippen LogP contribution in [0.5, 0.6) is 11.5 Å². The Labute approximate surface area is 154 Å². The zero-order chi connectivity index (χ0) is 17.9. The van der Waals surface area contributed by atoms with E-state index in [0.29, 0.717) is 19.8 Å². The average Bonchev–Trinajstić information content (AvgIpc) is 2.66. The summed E-state index contributed by atoms with van der Waals surface area (Å²) in [6, 6.07) is 4.18. The second-order valence-electron chi connectivity index (χ2n) is 6.98. The van der Waals surface area contributed by atoms with Gasteiger partial charge in [-0.1, -0.05) is 18.2 Å². The summed E-state index contributed by atoms with van der Waals surface area (Å²) in [6.07, 6.45) is 9.20. The second kappa shape index (κ2) is 7.66. The van der Waals surface area contributed by atoms with Crippen LogP contribution >= 0.6 is 0 Å². The number of aliphatic hydroxyl groups is 1. The van der Waals surface area contributed by atoms with Crippen LogP contribution in [0.2, 0.25) is 0 Å². The predicted octanol–water partition coefficient (Wildman–Crippen LogP) is 2.90. The summed E-state index contributed by atoms with van der Waals surface area (Å²) in [4.78, 5) is 2.28. The maximum atomic E-state index is 9.85. The summed E-state index contributed by atoms with van der Waals surface area (Å²) in [7, 11) is 1.73. The summed E-state index contributed by atoms with van der Waals surface area (Å²) >= 11 is 0. The predicted molar refractivity (Wildman–Crippen MR) is 100 cm³/mol. The first-order valence-corrected chi connectivity index (χ1v) is 9.13. The molecule has 2 heterocycles. The Morgan fingerprint density at radius 1 is 1.23 bits per heavy atom. The van der Waals surface area contributed by atoms with Crippen molar-refractivity contribution >= 4 is 6.08 Å². The van der Waals surface area contributed by atoms with Crippen molar-refractivity contribution in [3.63, 3.8) is 0 Å². The number of methoxy groups -OCH3 is 1. The maximum Gasteiger partial charge on any atom is 0.142 e. The SMILES string of the molecule is COCCCN1COc2cc3c(cc2C1)C=C(C1=CC=CC(O)C1)CO3. The molecule has 4 rings (SSSR count). The topological polar surface area (TPSA) is 51.2 Å². The Morgan fingerprint density at radius 2 is 2.15 bits per heavy atom. The van der Waals surface area contributed by atoms with Crippen LogP contribution in [-0.2, 0) is 11.3 Å². The van der Waals surface area contributed by atoms with Gasteiger partial charge in [0.05, 0.1) is 6.10 Å². The van der Waals surface area contributed by atoms with Crippen molar-refractivity contribution in [2.45, 2.75) is 25.5 Å². The van der Waals surface area contributed by atoms with Gasteiger partial charge >= 0.3 is 0 Å². The van der Waals surface area contributed by atoms with E-state index in [9.17, 15) is 5.11 Å². The van der Waals surface area contributed by atoms with Crippen molar-refractivity contribution in [1.82, 2.24) is 4.90 Å². The molecule has 26 heavy (non-hydrogen) atoms. The Hall–Kier alpha value is -2.08. The fourth-order valence-electron chi connectivity index (χ4n) is 3.61. The third-order valence-corrected chi connectivity index (χ3v) is 5.00. The first kappa shape index (κ1) is 17.3. The number of nitrogens with zero attached hydrogens (tertiary/aromatic N) is 1. The van der Waals surface area contributed by atoms with Crippen LogP contribution in [0.3, 0.4) is 0 Å². The summed E-state index contributed by atoms with van der Waals surface area (Å²) in [5, 5.41) is 9.85. The smallest absolute Gasteiger partial charge is 0.142 e. The molecule has 0 aromatic heterocycles. The van der Waals surface area contributed by atoms with Crippen LogP contribution in [0, 0.1) is 0 Å². The van der Waals surface area contributed by atoms with E-state index in [-0.39, 0.29) is 0 Å². The van der Waals surface area contributed by atoms with Gasteiger partial charge in [0.25, 0.3) is 0 Å². The summed E-state index contributed by atoms with van der Waals surface area (Å²) in [5.41, 5.74) is 4.54. The minimum Gasteiger partial charge on any atom is -0.488 e. The van der Waals surface area contributed by atoms with Gasteiger partial charge in [-0.05, 0) is 29.7 Å². The molecule has 0 radical (unpaired) electrons. The van der Waals surface area contributed by atoms with Gasteiger partial charge in [0.1, 0.15) is 24.8 Å². The largest absolute Gasteiger partial charge is 0.488 e.